The van der Waals surface area contributed by atoms with Gasteiger partial charge in [0.15, 0.2) is 0 Å². The summed E-state index contributed by atoms with van der Waals surface area (Å²) >= 11 is 0. The van der Waals surface area contributed by atoms with Crippen LogP contribution in [0.4, 0.5) is 0 Å². The number of phenols is 1. The first-order valence-electron chi connectivity index (χ1n) is 4.60. The molecule has 5 nitrogen and oxygen atoms in total. The lowest BCUT2D eigenvalue weighted by Crippen LogP contribution is -1.99. The number of nitriles is 1. The minimum atomic E-state index is -0.950. The van der Waals surface area contributed by atoms with E-state index in [0.29, 0.717) is 5.56 Å². The van der Waals surface area contributed by atoms with Gasteiger partial charge in [-0.2, -0.15) is 5.26 Å². The fraction of sp³-hybridized carbons (Fsp3) is 0.273. The van der Waals surface area contributed by atoms with Crippen LogP contribution in [0.3, 0.4) is 0 Å². The van der Waals surface area contributed by atoms with Gasteiger partial charge in [0.05, 0.1) is 12.7 Å². The molecule has 0 atom stereocenters. The summed E-state index contributed by atoms with van der Waals surface area (Å²) in [6.07, 6.45) is 0.0879. The number of hydrogen-bond acceptors (Lipinski definition) is 4. The third-order valence-electron chi connectivity index (χ3n) is 2.13. The van der Waals surface area contributed by atoms with E-state index >= 15 is 0 Å². The summed E-state index contributed by atoms with van der Waals surface area (Å²) < 4.78 is 4.90. The third kappa shape index (κ3) is 2.64. The summed E-state index contributed by atoms with van der Waals surface area (Å²) in [6, 6.07) is 4.68. The van der Waals surface area contributed by atoms with Crippen LogP contribution in [0.2, 0.25) is 0 Å². The van der Waals surface area contributed by atoms with Gasteiger partial charge in [0.25, 0.3) is 0 Å². The van der Waals surface area contributed by atoms with E-state index in [-0.39, 0.29) is 29.9 Å². The molecule has 0 saturated heterocycles. The lowest BCUT2D eigenvalue weighted by Gasteiger charge is -2.07. The second-order valence-electron chi connectivity index (χ2n) is 3.19. The molecule has 0 fully saturated rings. The molecule has 0 aromatic heterocycles. The van der Waals surface area contributed by atoms with Crippen molar-refractivity contribution in [1.82, 2.24) is 0 Å². The van der Waals surface area contributed by atoms with Crippen molar-refractivity contribution < 1.29 is 19.7 Å². The minimum Gasteiger partial charge on any atom is -0.508 e. The van der Waals surface area contributed by atoms with Crippen molar-refractivity contribution in [2.75, 3.05) is 7.11 Å². The van der Waals surface area contributed by atoms with E-state index in [2.05, 4.69) is 0 Å². The third-order valence-corrected chi connectivity index (χ3v) is 2.13. The Morgan fingerprint density at radius 3 is 2.75 bits per heavy atom. The van der Waals surface area contributed by atoms with Crippen LogP contribution in [-0.4, -0.2) is 23.3 Å². The van der Waals surface area contributed by atoms with Crippen molar-refractivity contribution in [2.24, 2.45) is 0 Å². The molecular formula is C11H11NO4. The van der Waals surface area contributed by atoms with Gasteiger partial charge in [0.1, 0.15) is 17.6 Å². The largest absolute Gasteiger partial charge is 0.508 e. The Kier molecular flexibility index (Phi) is 3.72. The number of carbonyl (C=O) groups is 1. The maximum atomic E-state index is 10.4. The maximum Gasteiger partial charge on any atom is 0.303 e. The van der Waals surface area contributed by atoms with Gasteiger partial charge in [-0.15, -0.1) is 0 Å². The highest BCUT2D eigenvalue weighted by molar-refractivity contribution is 5.67. The van der Waals surface area contributed by atoms with E-state index in [0.717, 1.165) is 0 Å². The first-order chi connectivity index (χ1) is 7.58. The molecule has 5 heteroatoms. The maximum absolute atomic E-state index is 10.4. The normalized spacial score (nSPS) is 9.50. The summed E-state index contributed by atoms with van der Waals surface area (Å²) in [5.74, 6) is -0.732. The van der Waals surface area contributed by atoms with Gasteiger partial charge in [0.2, 0.25) is 0 Å². The summed E-state index contributed by atoms with van der Waals surface area (Å²) in [4.78, 5) is 10.4. The van der Waals surface area contributed by atoms with E-state index < -0.39 is 5.97 Å². The predicted octanol–water partition coefficient (Wildman–Crippen LogP) is 1.29. The highest BCUT2D eigenvalue weighted by atomic mass is 16.5. The molecule has 0 unspecified atom stereocenters. The van der Waals surface area contributed by atoms with Crippen LogP contribution < -0.4 is 4.74 Å². The molecule has 0 heterocycles. The molecule has 1 rings (SSSR count). The average Bonchev–Trinajstić information content (AvgIpc) is 2.26. The Labute approximate surface area is 92.5 Å². The Morgan fingerprint density at radius 2 is 2.25 bits per heavy atom. The standard InChI is InChI=1S/C11H11NO4/c1-16-10-5-9(13)7(2-3-11(14)15)4-8(10)6-12/h4-5,13H,2-3H2,1H3,(H,14,15). The Morgan fingerprint density at radius 1 is 1.56 bits per heavy atom. The van der Waals surface area contributed by atoms with Crippen molar-refractivity contribution in [3.63, 3.8) is 0 Å². The van der Waals surface area contributed by atoms with Crippen LogP contribution in [0, 0.1) is 11.3 Å². The minimum absolute atomic E-state index is 0.0582. The first-order valence-corrected chi connectivity index (χ1v) is 4.60. The van der Waals surface area contributed by atoms with Crippen LogP contribution >= 0.6 is 0 Å². The van der Waals surface area contributed by atoms with Gasteiger partial charge < -0.3 is 14.9 Å². The molecule has 0 amide bonds. The molecule has 0 radical (unpaired) electrons. The van der Waals surface area contributed by atoms with Crippen molar-refractivity contribution in [3.8, 4) is 17.6 Å². The van der Waals surface area contributed by atoms with E-state index in [1.165, 1.54) is 19.2 Å². The van der Waals surface area contributed by atoms with Crippen LogP contribution in [0.25, 0.3) is 0 Å². The lowest BCUT2D eigenvalue weighted by atomic mass is 10.0. The molecule has 0 saturated carbocycles. The smallest absolute Gasteiger partial charge is 0.303 e. The Balaban J connectivity index is 3.03. The quantitative estimate of drug-likeness (QED) is 0.799. The number of carboxylic acid groups (broad SMARTS) is 1. The average molecular weight is 221 g/mol. The van der Waals surface area contributed by atoms with Gasteiger partial charge in [-0.1, -0.05) is 0 Å². The number of nitrogens with zero attached hydrogens (tertiary/aromatic N) is 1. The van der Waals surface area contributed by atoms with Crippen molar-refractivity contribution in [2.45, 2.75) is 12.8 Å². The van der Waals surface area contributed by atoms with E-state index in [9.17, 15) is 9.90 Å². The second-order valence-corrected chi connectivity index (χ2v) is 3.19. The molecule has 1 aromatic rings. The number of hydrogen-bond donors (Lipinski definition) is 2. The van der Waals surface area contributed by atoms with Gasteiger partial charge in [-0.3, -0.25) is 4.79 Å². The van der Waals surface area contributed by atoms with E-state index in [4.69, 9.17) is 15.1 Å². The number of aryl methyl sites for hydroxylation is 1. The van der Waals surface area contributed by atoms with Gasteiger partial charge in [-0.25, -0.2) is 0 Å². The molecule has 0 aliphatic carbocycles. The molecule has 0 bridgehead atoms. The molecule has 0 aliphatic heterocycles. The summed E-state index contributed by atoms with van der Waals surface area (Å²) in [5, 5.41) is 26.9. The predicted molar refractivity (Wildman–Crippen MR) is 55.3 cm³/mol. The molecular weight excluding hydrogens is 210 g/mol. The monoisotopic (exact) mass is 221 g/mol. The number of rotatable bonds is 4. The number of ether oxygens (including phenoxy) is 1. The van der Waals surface area contributed by atoms with Crippen molar-refractivity contribution in [1.29, 1.82) is 5.26 Å². The summed E-state index contributed by atoms with van der Waals surface area (Å²) in [7, 11) is 1.40. The molecule has 1 aromatic carbocycles. The topological polar surface area (TPSA) is 90.6 Å². The fourth-order valence-corrected chi connectivity index (χ4v) is 1.31. The summed E-state index contributed by atoms with van der Waals surface area (Å²) in [6.45, 7) is 0. The Hall–Kier alpha value is -2.22. The fourth-order valence-electron chi connectivity index (χ4n) is 1.31. The zero-order valence-electron chi connectivity index (χ0n) is 8.73. The van der Waals surface area contributed by atoms with Crippen molar-refractivity contribution in [3.05, 3.63) is 23.3 Å². The van der Waals surface area contributed by atoms with Crippen LogP contribution in [0.5, 0.6) is 11.5 Å². The van der Waals surface area contributed by atoms with Gasteiger partial charge >= 0.3 is 5.97 Å². The number of aliphatic carboxylic acids is 1. The van der Waals surface area contributed by atoms with Crippen LogP contribution in [-0.2, 0) is 11.2 Å². The highest BCUT2D eigenvalue weighted by Crippen LogP contribution is 2.28. The van der Waals surface area contributed by atoms with Crippen LogP contribution in [0.15, 0.2) is 12.1 Å². The van der Waals surface area contributed by atoms with Gasteiger partial charge in [-0.05, 0) is 18.1 Å². The SMILES string of the molecule is COc1cc(O)c(CCC(=O)O)cc1C#N. The Bertz CT molecular complexity index is 448. The molecule has 2 N–H and O–H groups in total. The van der Waals surface area contributed by atoms with Gasteiger partial charge in [0, 0.05) is 12.5 Å². The number of aromatic hydroxyl groups is 1. The zero-order valence-corrected chi connectivity index (χ0v) is 8.73. The lowest BCUT2D eigenvalue weighted by molar-refractivity contribution is -0.136. The highest BCUT2D eigenvalue weighted by Gasteiger charge is 2.10. The zero-order chi connectivity index (χ0) is 12.1. The number of methoxy groups -OCH3 is 1. The number of phenolic OH excluding ortho intramolecular Hbond substituents is 1. The van der Waals surface area contributed by atoms with E-state index in [1.54, 1.807) is 0 Å². The number of benzene rings is 1. The molecule has 0 spiro atoms. The molecule has 84 valence electrons. The summed E-state index contributed by atoms with van der Waals surface area (Å²) in [5.41, 5.74) is 0.709. The number of carboxylic acids is 1. The molecule has 16 heavy (non-hydrogen) atoms. The second kappa shape index (κ2) is 5.03. The first kappa shape index (κ1) is 11.9. The molecule has 0 aliphatic rings. The van der Waals surface area contributed by atoms with E-state index in [1.807, 2.05) is 6.07 Å². The van der Waals surface area contributed by atoms with Crippen molar-refractivity contribution >= 4 is 5.97 Å². The van der Waals surface area contributed by atoms with Crippen LogP contribution in [0.1, 0.15) is 17.5 Å².